The zero-order valence-electron chi connectivity index (χ0n) is 11.3. The highest BCUT2D eigenvalue weighted by molar-refractivity contribution is 7.13. The Morgan fingerprint density at radius 3 is 2.86 bits per heavy atom. The molecule has 0 unspecified atom stereocenters. The van der Waals surface area contributed by atoms with Crippen molar-refractivity contribution in [1.29, 1.82) is 0 Å². The van der Waals surface area contributed by atoms with Crippen LogP contribution in [0.3, 0.4) is 0 Å². The fourth-order valence-electron chi connectivity index (χ4n) is 2.27. The molecule has 2 heterocycles. The van der Waals surface area contributed by atoms with Crippen molar-refractivity contribution < 1.29 is 9.18 Å². The lowest BCUT2D eigenvalue weighted by Crippen LogP contribution is -2.28. The molecule has 0 radical (unpaired) electrons. The summed E-state index contributed by atoms with van der Waals surface area (Å²) in [4.78, 5) is 12.1. The highest BCUT2D eigenvalue weighted by Crippen LogP contribution is 2.26. The zero-order valence-corrected chi connectivity index (χ0v) is 12.1. The number of hydrogen-bond acceptors (Lipinski definition) is 5. The van der Waals surface area contributed by atoms with Crippen LogP contribution in [0.15, 0.2) is 24.3 Å². The van der Waals surface area contributed by atoms with Crippen molar-refractivity contribution in [2.75, 3.05) is 18.4 Å². The molecule has 5 nitrogen and oxygen atoms in total. The van der Waals surface area contributed by atoms with E-state index >= 15 is 0 Å². The molecule has 1 fully saturated rings. The summed E-state index contributed by atoms with van der Waals surface area (Å²) >= 11 is 1.32. The van der Waals surface area contributed by atoms with Gasteiger partial charge in [-0.1, -0.05) is 11.3 Å². The lowest BCUT2D eigenvalue weighted by molar-refractivity contribution is 0.102. The molecule has 7 heteroatoms. The predicted molar refractivity (Wildman–Crippen MR) is 79.1 cm³/mol. The molecule has 0 bridgehead atoms. The summed E-state index contributed by atoms with van der Waals surface area (Å²) in [7, 11) is 0. The SMILES string of the molecule is O=C(Nc1ccc(F)cc1)c1nnc([C@H]2CCCNC2)s1. The molecule has 3 rings (SSSR count). The van der Waals surface area contributed by atoms with Gasteiger partial charge < -0.3 is 10.6 Å². The lowest BCUT2D eigenvalue weighted by atomic mass is 10.0. The lowest BCUT2D eigenvalue weighted by Gasteiger charge is -2.19. The monoisotopic (exact) mass is 306 g/mol. The van der Waals surface area contributed by atoms with Crippen LogP contribution in [0.4, 0.5) is 10.1 Å². The van der Waals surface area contributed by atoms with Gasteiger partial charge in [0.05, 0.1) is 0 Å². The van der Waals surface area contributed by atoms with Gasteiger partial charge in [-0.3, -0.25) is 4.79 Å². The summed E-state index contributed by atoms with van der Waals surface area (Å²) in [5, 5.41) is 15.3. The molecule has 110 valence electrons. The van der Waals surface area contributed by atoms with E-state index in [9.17, 15) is 9.18 Å². The molecular weight excluding hydrogens is 291 g/mol. The summed E-state index contributed by atoms with van der Waals surface area (Å²) in [5.74, 6) is -0.311. The minimum Gasteiger partial charge on any atom is -0.320 e. The maximum atomic E-state index is 12.8. The molecule has 1 amide bonds. The molecule has 21 heavy (non-hydrogen) atoms. The van der Waals surface area contributed by atoms with Gasteiger partial charge in [0, 0.05) is 18.2 Å². The molecule has 1 aliphatic rings. The van der Waals surface area contributed by atoms with Crippen LogP contribution in [0.25, 0.3) is 0 Å². The van der Waals surface area contributed by atoms with E-state index in [-0.39, 0.29) is 11.7 Å². The Kier molecular flexibility index (Phi) is 4.21. The van der Waals surface area contributed by atoms with Gasteiger partial charge in [0.25, 0.3) is 5.91 Å². The number of piperidine rings is 1. The fourth-order valence-corrected chi connectivity index (χ4v) is 3.14. The van der Waals surface area contributed by atoms with Crippen molar-refractivity contribution in [3.8, 4) is 0 Å². The van der Waals surface area contributed by atoms with Crippen LogP contribution in [0.2, 0.25) is 0 Å². The highest BCUT2D eigenvalue weighted by atomic mass is 32.1. The van der Waals surface area contributed by atoms with E-state index in [1.807, 2.05) is 0 Å². The van der Waals surface area contributed by atoms with Crippen molar-refractivity contribution >= 4 is 22.9 Å². The zero-order chi connectivity index (χ0) is 14.7. The van der Waals surface area contributed by atoms with Crippen molar-refractivity contribution in [3.05, 3.63) is 40.1 Å². The first-order valence-corrected chi connectivity index (χ1v) is 7.65. The Labute approximate surface area is 125 Å². The first kappa shape index (κ1) is 14.1. The molecule has 1 aromatic heterocycles. The van der Waals surface area contributed by atoms with Crippen molar-refractivity contribution in [1.82, 2.24) is 15.5 Å². The third-order valence-electron chi connectivity index (χ3n) is 3.38. The molecule has 1 saturated heterocycles. The molecule has 0 saturated carbocycles. The minimum absolute atomic E-state index is 0.311. The van der Waals surface area contributed by atoms with Gasteiger partial charge in [-0.05, 0) is 43.7 Å². The first-order chi connectivity index (χ1) is 10.2. The highest BCUT2D eigenvalue weighted by Gasteiger charge is 2.21. The quantitative estimate of drug-likeness (QED) is 0.914. The Hall–Kier alpha value is -1.86. The minimum atomic E-state index is -0.337. The Bertz CT molecular complexity index is 622. The van der Waals surface area contributed by atoms with Crippen LogP contribution in [0.1, 0.15) is 33.6 Å². The average molecular weight is 306 g/mol. The van der Waals surface area contributed by atoms with Gasteiger partial charge in [0.2, 0.25) is 5.01 Å². The molecule has 2 N–H and O–H groups in total. The third kappa shape index (κ3) is 3.43. The van der Waals surface area contributed by atoms with Crippen molar-refractivity contribution in [2.24, 2.45) is 0 Å². The molecular formula is C14H15FN4OS. The second-order valence-electron chi connectivity index (χ2n) is 4.95. The molecule has 2 aromatic rings. The number of anilines is 1. The maximum Gasteiger partial charge on any atom is 0.286 e. The number of benzene rings is 1. The second kappa shape index (κ2) is 6.28. The van der Waals surface area contributed by atoms with Gasteiger partial charge in [0.15, 0.2) is 0 Å². The molecule has 0 aliphatic carbocycles. The molecule has 1 aromatic carbocycles. The molecule has 1 aliphatic heterocycles. The number of amides is 1. The van der Waals surface area contributed by atoms with Gasteiger partial charge in [-0.25, -0.2) is 4.39 Å². The number of rotatable bonds is 3. The molecule has 1 atom stereocenters. The summed E-state index contributed by atoms with van der Waals surface area (Å²) in [5.41, 5.74) is 0.539. The third-order valence-corrected chi connectivity index (χ3v) is 4.47. The van der Waals surface area contributed by atoms with Gasteiger partial charge in [-0.15, -0.1) is 10.2 Å². The number of carbonyl (C=O) groups excluding carboxylic acids is 1. The van der Waals surface area contributed by atoms with Crippen LogP contribution in [0, 0.1) is 5.82 Å². The summed E-state index contributed by atoms with van der Waals surface area (Å²) in [6, 6.07) is 5.63. The van der Waals surface area contributed by atoms with Crippen molar-refractivity contribution in [2.45, 2.75) is 18.8 Å². The van der Waals surface area contributed by atoms with E-state index in [1.54, 1.807) is 0 Å². The number of aromatic nitrogens is 2. The largest absolute Gasteiger partial charge is 0.320 e. The van der Waals surface area contributed by atoms with Crippen molar-refractivity contribution in [3.63, 3.8) is 0 Å². The predicted octanol–water partition coefficient (Wildman–Crippen LogP) is 2.40. The van der Waals surface area contributed by atoms with Gasteiger partial charge in [-0.2, -0.15) is 0 Å². The van der Waals surface area contributed by atoms with Crippen LogP contribution in [0.5, 0.6) is 0 Å². The van der Waals surface area contributed by atoms with E-state index in [1.165, 1.54) is 35.6 Å². The Balaban J connectivity index is 1.67. The summed E-state index contributed by atoms with van der Waals surface area (Å²) in [6.45, 7) is 1.92. The molecule has 0 spiro atoms. The van der Waals surface area contributed by atoms with Crippen LogP contribution in [-0.2, 0) is 0 Å². The number of halogens is 1. The summed E-state index contributed by atoms with van der Waals surface area (Å²) in [6.07, 6.45) is 2.18. The Morgan fingerprint density at radius 2 is 2.14 bits per heavy atom. The van der Waals surface area contributed by atoms with E-state index < -0.39 is 0 Å². The standard InChI is InChI=1S/C14H15FN4OS/c15-10-3-5-11(6-4-10)17-12(20)14-19-18-13(21-14)9-2-1-7-16-8-9/h3-6,9,16H,1-2,7-8H2,(H,17,20)/t9-/m0/s1. The van der Waals surface area contributed by atoms with E-state index in [2.05, 4.69) is 20.8 Å². The van der Waals surface area contributed by atoms with Gasteiger partial charge >= 0.3 is 0 Å². The van der Waals surface area contributed by atoms with E-state index in [0.29, 0.717) is 16.6 Å². The van der Waals surface area contributed by atoms with E-state index in [4.69, 9.17) is 0 Å². The topological polar surface area (TPSA) is 66.9 Å². The average Bonchev–Trinajstić information content (AvgIpc) is 3.00. The number of nitrogens with one attached hydrogen (secondary N) is 2. The second-order valence-corrected chi connectivity index (χ2v) is 5.96. The number of hydrogen-bond donors (Lipinski definition) is 2. The number of carbonyl (C=O) groups is 1. The van der Waals surface area contributed by atoms with Crippen LogP contribution < -0.4 is 10.6 Å². The Morgan fingerprint density at radius 1 is 1.33 bits per heavy atom. The number of nitrogens with zero attached hydrogens (tertiary/aromatic N) is 2. The maximum absolute atomic E-state index is 12.8. The van der Waals surface area contributed by atoms with E-state index in [0.717, 1.165) is 30.9 Å². The first-order valence-electron chi connectivity index (χ1n) is 6.83. The van der Waals surface area contributed by atoms with Crippen LogP contribution in [-0.4, -0.2) is 29.2 Å². The fraction of sp³-hybridized carbons (Fsp3) is 0.357. The van der Waals surface area contributed by atoms with Gasteiger partial charge in [0.1, 0.15) is 10.8 Å². The van der Waals surface area contributed by atoms with Crippen LogP contribution >= 0.6 is 11.3 Å². The normalized spacial score (nSPS) is 18.4. The smallest absolute Gasteiger partial charge is 0.286 e. The summed E-state index contributed by atoms with van der Waals surface area (Å²) < 4.78 is 12.8.